The molecule has 7 heteroatoms. The second-order valence-electron chi connectivity index (χ2n) is 5.97. The van der Waals surface area contributed by atoms with Gasteiger partial charge in [0.05, 0.1) is 6.54 Å². The third kappa shape index (κ3) is 4.55. The van der Waals surface area contributed by atoms with E-state index in [1.165, 1.54) is 5.56 Å². The van der Waals surface area contributed by atoms with Crippen molar-refractivity contribution in [3.8, 4) is 0 Å². The molecule has 0 unspecified atom stereocenters. The number of thiocarbonyl (C=S) groups is 1. The Hall–Kier alpha value is -2.08. The second kappa shape index (κ2) is 8.08. The minimum atomic E-state index is 0.481. The highest BCUT2D eigenvalue weighted by Gasteiger charge is 2.11. The molecule has 134 valence electrons. The van der Waals surface area contributed by atoms with Gasteiger partial charge < -0.3 is 10.6 Å². The van der Waals surface area contributed by atoms with E-state index in [9.17, 15) is 0 Å². The SMILES string of the molecule is Cc1ccc(NC(=S)Nc2cc(C)n(Cc3c(Cl)cccc3Cl)n2)cc1. The molecule has 0 spiro atoms. The lowest BCUT2D eigenvalue weighted by molar-refractivity contribution is 0.668. The molecule has 0 radical (unpaired) electrons. The molecular weight excluding hydrogens is 387 g/mol. The summed E-state index contributed by atoms with van der Waals surface area (Å²) in [5, 5.41) is 12.5. The van der Waals surface area contributed by atoms with Gasteiger partial charge in [-0.3, -0.25) is 4.68 Å². The maximum absolute atomic E-state index is 6.25. The van der Waals surface area contributed by atoms with Crippen LogP contribution in [0.3, 0.4) is 0 Å². The highest BCUT2D eigenvalue weighted by atomic mass is 35.5. The number of hydrogen-bond acceptors (Lipinski definition) is 2. The fourth-order valence-corrected chi connectivity index (χ4v) is 3.22. The number of aryl methyl sites for hydroxylation is 2. The van der Waals surface area contributed by atoms with Crippen LogP contribution in [0, 0.1) is 13.8 Å². The number of halogens is 2. The third-order valence-corrected chi connectivity index (χ3v) is 4.81. The molecule has 0 saturated carbocycles. The Labute approximate surface area is 168 Å². The van der Waals surface area contributed by atoms with E-state index < -0.39 is 0 Å². The number of benzene rings is 2. The molecule has 3 aromatic rings. The molecule has 0 atom stereocenters. The lowest BCUT2D eigenvalue weighted by Crippen LogP contribution is -2.19. The van der Waals surface area contributed by atoms with Gasteiger partial charge in [0.2, 0.25) is 0 Å². The summed E-state index contributed by atoms with van der Waals surface area (Å²) in [6.07, 6.45) is 0. The Bertz CT molecular complexity index is 915. The van der Waals surface area contributed by atoms with Crippen molar-refractivity contribution in [1.82, 2.24) is 9.78 Å². The molecule has 0 aliphatic carbocycles. The Kier molecular flexibility index (Phi) is 5.81. The van der Waals surface area contributed by atoms with E-state index in [1.807, 2.05) is 67.1 Å². The molecule has 26 heavy (non-hydrogen) atoms. The monoisotopic (exact) mass is 404 g/mol. The molecule has 0 bridgehead atoms. The molecule has 1 heterocycles. The van der Waals surface area contributed by atoms with Crippen LogP contribution < -0.4 is 10.6 Å². The van der Waals surface area contributed by atoms with Gasteiger partial charge in [0.1, 0.15) is 0 Å². The first kappa shape index (κ1) is 18.7. The van der Waals surface area contributed by atoms with E-state index in [0.29, 0.717) is 27.5 Å². The summed E-state index contributed by atoms with van der Waals surface area (Å²) < 4.78 is 1.84. The van der Waals surface area contributed by atoms with Crippen LogP contribution >= 0.6 is 35.4 Å². The average molecular weight is 405 g/mol. The minimum absolute atomic E-state index is 0.481. The highest BCUT2D eigenvalue weighted by Crippen LogP contribution is 2.25. The first-order chi connectivity index (χ1) is 12.4. The van der Waals surface area contributed by atoms with Gasteiger partial charge in [-0.15, -0.1) is 0 Å². The average Bonchev–Trinajstić information content (AvgIpc) is 2.92. The van der Waals surface area contributed by atoms with Crippen molar-refractivity contribution in [3.05, 3.63) is 75.4 Å². The van der Waals surface area contributed by atoms with E-state index in [1.54, 1.807) is 0 Å². The van der Waals surface area contributed by atoms with Crippen LogP contribution in [0.5, 0.6) is 0 Å². The number of nitrogens with one attached hydrogen (secondary N) is 2. The zero-order valence-electron chi connectivity index (χ0n) is 14.4. The number of rotatable bonds is 4. The molecule has 0 aliphatic rings. The summed E-state index contributed by atoms with van der Waals surface area (Å²) in [6.45, 7) is 4.50. The first-order valence-electron chi connectivity index (χ1n) is 8.04. The zero-order valence-corrected chi connectivity index (χ0v) is 16.7. The summed E-state index contributed by atoms with van der Waals surface area (Å²) in [4.78, 5) is 0. The van der Waals surface area contributed by atoms with Crippen LogP contribution in [0.1, 0.15) is 16.8 Å². The second-order valence-corrected chi connectivity index (χ2v) is 7.20. The predicted molar refractivity (Wildman–Crippen MR) is 114 cm³/mol. The van der Waals surface area contributed by atoms with Crippen molar-refractivity contribution in [2.75, 3.05) is 10.6 Å². The van der Waals surface area contributed by atoms with Crippen LogP contribution in [0.15, 0.2) is 48.5 Å². The van der Waals surface area contributed by atoms with Crippen LogP contribution in [-0.2, 0) is 6.54 Å². The minimum Gasteiger partial charge on any atom is -0.332 e. The number of anilines is 2. The van der Waals surface area contributed by atoms with E-state index in [2.05, 4.69) is 15.7 Å². The Morgan fingerprint density at radius 1 is 1.04 bits per heavy atom. The van der Waals surface area contributed by atoms with E-state index in [4.69, 9.17) is 35.4 Å². The maximum Gasteiger partial charge on any atom is 0.176 e. The van der Waals surface area contributed by atoms with Crippen molar-refractivity contribution >= 4 is 52.0 Å². The first-order valence-corrected chi connectivity index (χ1v) is 9.21. The van der Waals surface area contributed by atoms with E-state index in [-0.39, 0.29) is 0 Å². The van der Waals surface area contributed by atoms with Crippen LogP contribution in [0.2, 0.25) is 10.0 Å². The normalized spacial score (nSPS) is 10.6. The van der Waals surface area contributed by atoms with Gasteiger partial charge in [0, 0.05) is 33.1 Å². The summed E-state index contributed by atoms with van der Waals surface area (Å²) in [6, 6.07) is 15.4. The third-order valence-electron chi connectivity index (χ3n) is 3.90. The molecule has 2 aromatic carbocycles. The van der Waals surface area contributed by atoms with Crippen molar-refractivity contribution in [2.45, 2.75) is 20.4 Å². The molecule has 0 aliphatic heterocycles. The summed E-state index contributed by atoms with van der Waals surface area (Å²) in [5.74, 6) is 0.662. The van der Waals surface area contributed by atoms with Gasteiger partial charge in [-0.25, -0.2) is 0 Å². The molecule has 3 rings (SSSR count). The molecular formula is C19H18Cl2N4S. The highest BCUT2D eigenvalue weighted by molar-refractivity contribution is 7.80. The summed E-state index contributed by atoms with van der Waals surface area (Å²) in [5.41, 5.74) is 3.93. The Balaban J connectivity index is 1.69. The fourth-order valence-electron chi connectivity index (χ4n) is 2.48. The van der Waals surface area contributed by atoms with Gasteiger partial charge in [-0.1, -0.05) is 47.0 Å². The lowest BCUT2D eigenvalue weighted by atomic mass is 10.2. The van der Waals surface area contributed by atoms with Crippen molar-refractivity contribution < 1.29 is 0 Å². The molecule has 0 amide bonds. The quantitative estimate of drug-likeness (QED) is 0.550. The predicted octanol–water partition coefficient (Wildman–Crippen LogP) is 5.66. The molecule has 0 fully saturated rings. The number of nitrogens with zero attached hydrogens (tertiary/aromatic N) is 2. The van der Waals surface area contributed by atoms with Gasteiger partial charge in [-0.05, 0) is 50.3 Å². The number of hydrogen-bond donors (Lipinski definition) is 2. The van der Waals surface area contributed by atoms with E-state index in [0.717, 1.165) is 16.9 Å². The van der Waals surface area contributed by atoms with Gasteiger partial charge in [-0.2, -0.15) is 5.10 Å². The summed E-state index contributed by atoms with van der Waals surface area (Å²) in [7, 11) is 0. The Morgan fingerprint density at radius 3 is 2.35 bits per heavy atom. The van der Waals surface area contributed by atoms with Gasteiger partial charge in [0.25, 0.3) is 0 Å². The van der Waals surface area contributed by atoms with Crippen molar-refractivity contribution in [1.29, 1.82) is 0 Å². The smallest absolute Gasteiger partial charge is 0.176 e. The lowest BCUT2D eigenvalue weighted by Gasteiger charge is -2.09. The van der Waals surface area contributed by atoms with Crippen molar-refractivity contribution in [2.24, 2.45) is 0 Å². The van der Waals surface area contributed by atoms with Gasteiger partial charge in [0.15, 0.2) is 10.9 Å². The summed E-state index contributed by atoms with van der Waals surface area (Å²) >= 11 is 17.9. The zero-order chi connectivity index (χ0) is 18.7. The molecule has 4 nitrogen and oxygen atoms in total. The van der Waals surface area contributed by atoms with Crippen LogP contribution in [-0.4, -0.2) is 14.9 Å². The Morgan fingerprint density at radius 2 is 1.69 bits per heavy atom. The van der Waals surface area contributed by atoms with Crippen LogP contribution in [0.25, 0.3) is 0 Å². The molecule has 0 saturated heterocycles. The fraction of sp³-hybridized carbons (Fsp3) is 0.158. The largest absolute Gasteiger partial charge is 0.332 e. The topological polar surface area (TPSA) is 41.9 Å². The number of aromatic nitrogens is 2. The maximum atomic E-state index is 6.25. The standard InChI is InChI=1S/C19H18Cl2N4S/c1-12-6-8-14(9-7-12)22-19(26)23-18-10-13(2)25(24-18)11-15-16(20)4-3-5-17(15)21/h3-10H,11H2,1-2H3,(H2,22,23,24,26). The van der Waals surface area contributed by atoms with E-state index >= 15 is 0 Å². The van der Waals surface area contributed by atoms with Crippen LogP contribution in [0.4, 0.5) is 11.5 Å². The molecule has 1 aromatic heterocycles. The molecule has 2 N–H and O–H groups in total. The van der Waals surface area contributed by atoms with Gasteiger partial charge >= 0.3 is 0 Å². The van der Waals surface area contributed by atoms with Crippen molar-refractivity contribution in [3.63, 3.8) is 0 Å².